The minimum absolute atomic E-state index is 0.237. The summed E-state index contributed by atoms with van der Waals surface area (Å²) in [6, 6.07) is 8.60. The topological polar surface area (TPSA) is 0 Å². The lowest BCUT2D eigenvalue weighted by Gasteiger charge is -2.11. The zero-order valence-electron chi connectivity index (χ0n) is 10.5. The van der Waals surface area contributed by atoms with Crippen molar-refractivity contribution in [2.45, 2.75) is 34.6 Å². The number of hydrogen-bond donors (Lipinski definition) is 0. The van der Waals surface area contributed by atoms with Crippen LogP contribution in [0.3, 0.4) is 0 Å². The first-order valence-electron chi connectivity index (χ1n) is 5.68. The SMILES string of the molecule is CC(C)/C=c1/cccc/c1=C/C(C)(C)C. The summed E-state index contributed by atoms with van der Waals surface area (Å²) < 4.78 is 0. The number of hydrogen-bond acceptors (Lipinski definition) is 0. The summed E-state index contributed by atoms with van der Waals surface area (Å²) in [6.07, 6.45) is 4.65. The summed E-state index contributed by atoms with van der Waals surface area (Å²) >= 11 is 0. The second-order valence-electron chi connectivity index (χ2n) is 5.55. The summed E-state index contributed by atoms with van der Waals surface area (Å²) in [5.41, 5.74) is 0.237. The Hall–Kier alpha value is -1.04. The van der Waals surface area contributed by atoms with Gasteiger partial charge >= 0.3 is 0 Å². The van der Waals surface area contributed by atoms with Crippen molar-refractivity contribution in [1.29, 1.82) is 0 Å². The molecule has 0 N–H and O–H groups in total. The molecule has 0 heterocycles. The van der Waals surface area contributed by atoms with E-state index in [0.717, 1.165) is 0 Å². The monoisotopic (exact) mass is 202 g/mol. The van der Waals surface area contributed by atoms with Crippen LogP contribution >= 0.6 is 0 Å². The molecular weight excluding hydrogens is 180 g/mol. The van der Waals surface area contributed by atoms with E-state index in [2.05, 4.69) is 71.0 Å². The van der Waals surface area contributed by atoms with Gasteiger partial charge in [0.05, 0.1) is 0 Å². The molecule has 0 aliphatic heterocycles. The standard InChI is InChI=1S/C15H22/c1-12(2)10-13-8-6-7-9-14(13)11-15(3,4)5/h6-12H,1-5H3/b13-10-,14-11-. The largest absolute Gasteiger partial charge is 0.0741 e. The molecule has 0 aliphatic carbocycles. The zero-order valence-corrected chi connectivity index (χ0v) is 10.5. The molecule has 0 heteroatoms. The lowest BCUT2D eigenvalue weighted by Crippen LogP contribution is -2.26. The molecule has 0 amide bonds. The van der Waals surface area contributed by atoms with Crippen molar-refractivity contribution in [1.82, 2.24) is 0 Å². The van der Waals surface area contributed by atoms with Crippen molar-refractivity contribution in [2.75, 3.05) is 0 Å². The molecular formula is C15H22. The third kappa shape index (κ3) is 4.33. The summed E-state index contributed by atoms with van der Waals surface area (Å²) in [6.45, 7) is 11.1. The Morgan fingerprint density at radius 2 is 1.53 bits per heavy atom. The molecule has 82 valence electrons. The van der Waals surface area contributed by atoms with Crippen molar-refractivity contribution in [3.8, 4) is 0 Å². The van der Waals surface area contributed by atoms with Crippen molar-refractivity contribution in [3.63, 3.8) is 0 Å². The van der Waals surface area contributed by atoms with Gasteiger partial charge in [0.25, 0.3) is 0 Å². The van der Waals surface area contributed by atoms with Gasteiger partial charge in [-0.25, -0.2) is 0 Å². The summed E-state index contributed by atoms with van der Waals surface area (Å²) in [5, 5.41) is 2.70. The average Bonchev–Trinajstić information content (AvgIpc) is 2.05. The van der Waals surface area contributed by atoms with E-state index < -0.39 is 0 Å². The van der Waals surface area contributed by atoms with E-state index in [1.54, 1.807) is 0 Å². The van der Waals surface area contributed by atoms with Crippen LogP contribution in [0.25, 0.3) is 12.2 Å². The van der Waals surface area contributed by atoms with Crippen LogP contribution in [0, 0.1) is 11.3 Å². The zero-order chi connectivity index (χ0) is 11.5. The van der Waals surface area contributed by atoms with Gasteiger partial charge in [0.1, 0.15) is 0 Å². The Labute approximate surface area is 93.3 Å². The van der Waals surface area contributed by atoms with Crippen LogP contribution in [0.5, 0.6) is 0 Å². The molecule has 0 fully saturated rings. The molecule has 0 saturated carbocycles. The summed E-state index contributed by atoms with van der Waals surface area (Å²) in [5.74, 6) is 0.597. The van der Waals surface area contributed by atoms with E-state index >= 15 is 0 Å². The Kier molecular flexibility index (Phi) is 3.73. The van der Waals surface area contributed by atoms with Crippen LogP contribution in [0.2, 0.25) is 0 Å². The first-order valence-corrected chi connectivity index (χ1v) is 5.68. The molecule has 0 radical (unpaired) electrons. The van der Waals surface area contributed by atoms with E-state index in [1.807, 2.05) is 0 Å². The van der Waals surface area contributed by atoms with E-state index in [0.29, 0.717) is 5.92 Å². The summed E-state index contributed by atoms with van der Waals surface area (Å²) in [4.78, 5) is 0. The highest BCUT2D eigenvalue weighted by Gasteiger charge is 2.04. The van der Waals surface area contributed by atoms with Crippen LogP contribution in [-0.2, 0) is 0 Å². The molecule has 0 aliphatic rings. The highest BCUT2D eigenvalue weighted by Crippen LogP contribution is 2.13. The molecule has 15 heavy (non-hydrogen) atoms. The van der Waals surface area contributed by atoms with Gasteiger partial charge in [-0.2, -0.15) is 0 Å². The van der Waals surface area contributed by atoms with Crippen LogP contribution in [0.4, 0.5) is 0 Å². The van der Waals surface area contributed by atoms with Gasteiger partial charge in [-0.3, -0.25) is 0 Å². The molecule has 1 aromatic carbocycles. The molecule has 0 bridgehead atoms. The van der Waals surface area contributed by atoms with Crippen LogP contribution in [0.15, 0.2) is 24.3 Å². The summed E-state index contributed by atoms with van der Waals surface area (Å²) in [7, 11) is 0. The minimum Gasteiger partial charge on any atom is -0.0741 e. The molecule has 0 atom stereocenters. The molecule has 0 aromatic heterocycles. The molecule has 0 nitrogen and oxygen atoms in total. The van der Waals surface area contributed by atoms with Gasteiger partial charge in [-0.1, -0.05) is 71.0 Å². The van der Waals surface area contributed by atoms with Crippen molar-refractivity contribution >= 4 is 12.2 Å². The lowest BCUT2D eigenvalue weighted by atomic mass is 9.94. The van der Waals surface area contributed by atoms with Crippen molar-refractivity contribution in [2.24, 2.45) is 11.3 Å². The molecule has 1 aromatic rings. The number of rotatable bonds is 1. The van der Waals surface area contributed by atoms with Crippen LogP contribution in [0.1, 0.15) is 34.6 Å². The Morgan fingerprint density at radius 1 is 1.00 bits per heavy atom. The molecule has 0 saturated heterocycles. The van der Waals surface area contributed by atoms with E-state index in [9.17, 15) is 0 Å². The maximum absolute atomic E-state index is 2.33. The Balaban J connectivity index is 3.37. The van der Waals surface area contributed by atoms with Crippen LogP contribution in [-0.4, -0.2) is 0 Å². The molecule has 0 unspecified atom stereocenters. The van der Waals surface area contributed by atoms with E-state index in [4.69, 9.17) is 0 Å². The molecule has 0 spiro atoms. The van der Waals surface area contributed by atoms with Crippen molar-refractivity contribution in [3.05, 3.63) is 34.7 Å². The normalized spacial score (nSPS) is 15.1. The fraction of sp³-hybridized carbons (Fsp3) is 0.467. The van der Waals surface area contributed by atoms with E-state index in [1.165, 1.54) is 10.4 Å². The van der Waals surface area contributed by atoms with Gasteiger partial charge in [-0.15, -0.1) is 0 Å². The fourth-order valence-electron chi connectivity index (χ4n) is 1.62. The molecule has 1 rings (SSSR count). The van der Waals surface area contributed by atoms with Gasteiger partial charge in [0.15, 0.2) is 0 Å². The van der Waals surface area contributed by atoms with Gasteiger partial charge < -0.3 is 0 Å². The van der Waals surface area contributed by atoms with Crippen LogP contribution < -0.4 is 10.4 Å². The number of benzene rings is 1. The smallest absolute Gasteiger partial charge is 0.0194 e. The second-order valence-corrected chi connectivity index (χ2v) is 5.55. The quantitative estimate of drug-likeness (QED) is 0.657. The van der Waals surface area contributed by atoms with Gasteiger partial charge in [-0.05, 0) is 21.8 Å². The van der Waals surface area contributed by atoms with Gasteiger partial charge in [0, 0.05) is 0 Å². The maximum atomic E-state index is 2.33. The van der Waals surface area contributed by atoms with Crippen molar-refractivity contribution < 1.29 is 0 Å². The Bertz CT molecular complexity index is 416. The maximum Gasteiger partial charge on any atom is -0.0194 e. The highest BCUT2D eigenvalue weighted by atomic mass is 14.1. The predicted octanol–water partition coefficient (Wildman–Crippen LogP) is 2.95. The van der Waals surface area contributed by atoms with E-state index in [-0.39, 0.29) is 5.41 Å². The predicted molar refractivity (Wildman–Crippen MR) is 68.9 cm³/mol. The first kappa shape index (κ1) is 12.0. The minimum atomic E-state index is 0.237. The average molecular weight is 202 g/mol. The Morgan fingerprint density at radius 3 is 2.00 bits per heavy atom. The third-order valence-electron chi connectivity index (χ3n) is 2.10. The third-order valence-corrected chi connectivity index (χ3v) is 2.10. The highest BCUT2D eigenvalue weighted by molar-refractivity contribution is 5.35. The van der Waals surface area contributed by atoms with Gasteiger partial charge in [0.2, 0.25) is 0 Å². The second kappa shape index (κ2) is 4.65. The lowest BCUT2D eigenvalue weighted by molar-refractivity contribution is 0.584. The fourth-order valence-corrected chi connectivity index (χ4v) is 1.62. The first-order chi connectivity index (χ1) is 6.88.